The molecule has 0 spiro atoms. The minimum absolute atomic E-state index is 0.0705. The van der Waals surface area contributed by atoms with Crippen molar-refractivity contribution in [3.8, 4) is 11.5 Å². The van der Waals surface area contributed by atoms with Crippen LogP contribution in [0, 0.1) is 5.92 Å². The van der Waals surface area contributed by atoms with E-state index in [1.54, 1.807) is 37.3 Å². The maximum Gasteiger partial charge on any atom is 0.257 e. The molecule has 0 saturated carbocycles. The summed E-state index contributed by atoms with van der Waals surface area (Å²) < 4.78 is 10.4. The lowest BCUT2D eigenvalue weighted by Gasteiger charge is -2.32. The van der Waals surface area contributed by atoms with Gasteiger partial charge in [-0.05, 0) is 37.0 Å². The van der Waals surface area contributed by atoms with Gasteiger partial charge in [-0.2, -0.15) is 0 Å². The van der Waals surface area contributed by atoms with Gasteiger partial charge < -0.3 is 19.5 Å². The van der Waals surface area contributed by atoms with Gasteiger partial charge in [-0.1, -0.05) is 0 Å². The molecule has 2 rings (SSSR count). The van der Waals surface area contributed by atoms with Crippen LogP contribution in [-0.4, -0.2) is 49.8 Å². The fourth-order valence-electron chi connectivity index (χ4n) is 2.55. The van der Waals surface area contributed by atoms with Gasteiger partial charge in [0.1, 0.15) is 11.5 Å². The molecule has 1 unspecified atom stereocenters. The van der Waals surface area contributed by atoms with Crippen LogP contribution < -0.4 is 9.47 Å². The first kappa shape index (κ1) is 14.7. The number of carbonyl (C=O) groups excluding carboxylic acids is 1. The number of benzene rings is 1. The maximum atomic E-state index is 12.6. The summed E-state index contributed by atoms with van der Waals surface area (Å²) in [6.07, 6.45) is 1.89. The molecule has 1 atom stereocenters. The summed E-state index contributed by atoms with van der Waals surface area (Å²) in [5.41, 5.74) is 0.505. The Labute approximate surface area is 119 Å². The zero-order chi connectivity index (χ0) is 14.5. The fourth-order valence-corrected chi connectivity index (χ4v) is 2.55. The van der Waals surface area contributed by atoms with E-state index >= 15 is 0 Å². The Morgan fingerprint density at radius 2 is 2.20 bits per heavy atom. The molecule has 1 saturated heterocycles. The Morgan fingerprint density at radius 3 is 2.85 bits per heavy atom. The van der Waals surface area contributed by atoms with Crippen molar-refractivity contribution in [2.24, 2.45) is 5.92 Å². The molecule has 1 fully saturated rings. The molecule has 0 radical (unpaired) electrons. The first-order chi connectivity index (χ1) is 9.69. The van der Waals surface area contributed by atoms with Crippen LogP contribution in [0.3, 0.4) is 0 Å². The second-order valence-electron chi connectivity index (χ2n) is 5.01. The lowest BCUT2D eigenvalue weighted by atomic mass is 9.98. The van der Waals surface area contributed by atoms with Gasteiger partial charge in [0.15, 0.2) is 0 Å². The Hall–Kier alpha value is -1.75. The van der Waals surface area contributed by atoms with Crippen LogP contribution in [0.4, 0.5) is 0 Å². The zero-order valence-corrected chi connectivity index (χ0v) is 12.0. The summed E-state index contributed by atoms with van der Waals surface area (Å²) in [7, 11) is 3.12. The van der Waals surface area contributed by atoms with Crippen molar-refractivity contribution in [1.29, 1.82) is 0 Å². The van der Waals surface area contributed by atoms with Crippen molar-refractivity contribution in [2.75, 3.05) is 33.9 Å². The lowest BCUT2D eigenvalue weighted by Crippen LogP contribution is -2.41. The van der Waals surface area contributed by atoms with Crippen molar-refractivity contribution in [2.45, 2.75) is 12.8 Å². The van der Waals surface area contributed by atoms with Crippen LogP contribution in [0.1, 0.15) is 23.2 Å². The zero-order valence-electron chi connectivity index (χ0n) is 12.0. The van der Waals surface area contributed by atoms with Gasteiger partial charge in [0.05, 0.1) is 19.8 Å². The molecule has 1 aromatic carbocycles. The SMILES string of the molecule is COc1ccc(OC)c(C(=O)N2CCCC(CO)C2)c1. The van der Waals surface area contributed by atoms with E-state index in [2.05, 4.69) is 0 Å². The van der Waals surface area contributed by atoms with E-state index in [0.717, 1.165) is 19.4 Å². The number of amides is 1. The predicted molar refractivity (Wildman–Crippen MR) is 75.3 cm³/mol. The molecule has 110 valence electrons. The highest BCUT2D eigenvalue weighted by Crippen LogP contribution is 2.27. The van der Waals surface area contributed by atoms with Crippen LogP contribution in [-0.2, 0) is 0 Å². The third-order valence-corrected chi connectivity index (χ3v) is 3.70. The molecule has 1 amide bonds. The summed E-state index contributed by atoms with van der Waals surface area (Å²) in [6.45, 7) is 1.43. The second-order valence-corrected chi connectivity index (χ2v) is 5.01. The van der Waals surface area contributed by atoms with Crippen LogP contribution in [0.15, 0.2) is 18.2 Å². The number of hydrogen-bond acceptors (Lipinski definition) is 4. The number of methoxy groups -OCH3 is 2. The number of piperidine rings is 1. The molecule has 0 bridgehead atoms. The van der Waals surface area contributed by atoms with Crippen molar-refractivity contribution in [1.82, 2.24) is 4.90 Å². The highest BCUT2D eigenvalue weighted by molar-refractivity contribution is 5.97. The van der Waals surface area contributed by atoms with Gasteiger partial charge in [0.25, 0.3) is 5.91 Å². The van der Waals surface area contributed by atoms with E-state index in [1.165, 1.54) is 0 Å². The minimum Gasteiger partial charge on any atom is -0.497 e. The van der Waals surface area contributed by atoms with Crippen molar-refractivity contribution in [3.05, 3.63) is 23.8 Å². The highest BCUT2D eigenvalue weighted by atomic mass is 16.5. The molecule has 1 aliphatic rings. The molecule has 1 aliphatic heterocycles. The maximum absolute atomic E-state index is 12.6. The van der Waals surface area contributed by atoms with Crippen molar-refractivity contribution < 1.29 is 19.4 Å². The molecule has 20 heavy (non-hydrogen) atoms. The smallest absolute Gasteiger partial charge is 0.257 e. The van der Waals surface area contributed by atoms with Gasteiger partial charge in [-0.25, -0.2) is 0 Å². The quantitative estimate of drug-likeness (QED) is 0.908. The summed E-state index contributed by atoms with van der Waals surface area (Å²) in [4.78, 5) is 14.4. The third kappa shape index (κ3) is 3.04. The molecule has 1 heterocycles. The standard InChI is InChI=1S/C15H21NO4/c1-19-12-5-6-14(20-2)13(8-12)15(18)16-7-3-4-11(9-16)10-17/h5-6,8,11,17H,3-4,7,9-10H2,1-2H3. The van der Waals surface area contributed by atoms with Crippen LogP contribution in [0.2, 0.25) is 0 Å². The highest BCUT2D eigenvalue weighted by Gasteiger charge is 2.26. The van der Waals surface area contributed by atoms with Crippen LogP contribution in [0.25, 0.3) is 0 Å². The molecule has 0 aromatic heterocycles. The van der Waals surface area contributed by atoms with Gasteiger partial charge >= 0.3 is 0 Å². The Morgan fingerprint density at radius 1 is 1.40 bits per heavy atom. The van der Waals surface area contributed by atoms with Gasteiger partial charge in [-0.3, -0.25) is 4.79 Å². The number of aliphatic hydroxyl groups excluding tert-OH is 1. The summed E-state index contributed by atoms with van der Waals surface area (Å²) in [5.74, 6) is 1.27. The lowest BCUT2D eigenvalue weighted by molar-refractivity contribution is 0.0617. The van der Waals surface area contributed by atoms with E-state index in [-0.39, 0.29) is 18.4 Å². The first-order valence-electron chi connectivity index (χ1n) is 6.81. The van der Waals surface area contributed by atoms with E-state index in [1.807, 2.05) is 0 Å². The van der Waals surface area contributed by atoms with Crippen LogP contribution >= 0.6 is 0 Å². The summed E-state index contributed by atoms with van der Waals surface area (Å²) in [6, 6.07) is 5.20. The average Bonchev–Trinajstić information content (AvgIpc) is 2.53. The Bertz CT molecular complexity index is 475. The van der Waals surface area contributed by atoms with Crippen molar-refractivity contribution >= 4 is 5.91 Å². The summed E-state index contributed by atoms with van der Waals surface area (Å²) >= 11 is 0. The molecule has 5 heteroatoms. The third-order valence-electron chi connectivity index (χ3n) is 3.70. The average molecular weight is 279 g/mol. The number of aliphatic hydroxyl groups is 1. The largest absolute Gasteiger partial charge is 0.497 e. The molecule has 1 aromatic rings. The van der Waals surface area contributed by atoms with Gasteiger partial charge in [-0.15, -0.1) is 0 Å². The number of hydrogen-bond donors (Lipinski definition) is 1. The molecule has 1 N–H and O–H groups in total. The van der Waals surface area contributed by atoms with E-state index in [4.69, 9.17) is 9.47 Å². The van der Waals surface area contributed by atoms with E-state index in [0.29, 0.717) is 23.6 Å². The van der Waals surface area contributed by atoms with Gasteiger partial charge in [0, 0.05) is 19.7 Å². The molecular formula is C15H21NO4. The van der Waals surface area contributed by atoms with Crippen LogP contribution in [0.5, 0.6) is 11.5 Å². The van der Waals surface area contributed by atoms with Gasteiger partial charge in [0.2, 0.25) is 0 Å². The molecular weight excluding hydrogens is 258 g/mol. The van der Waals surface area contributed by atoms with E-state index < -0.39 is 0 Å². The fraction of sp³-hybridized carbons (Fsp3) is 0.533. The first-order valence-corrected chi connectivity index (χ1v) is 6.81. The predicted octanol–water partition coefficient (Wildman–Crippen LogP) is 1.55. The molecule has 5 nitrogen and oxygen atoms in total. The number of ether oxygens (including phenoxy) is 2. The topological polar surface area (TPSA) is 59.0 Å². The normalized spacial score (nSPS) is 18.8. The minimum atomic E-state index is -0.0705. The Balaban J connectivity index is 2.23. The monoisotopic (exact) mass is 279 g/mol. The number of nitrogens with zero attached hydrogens (tertiary/aromatic N) is 1. The summed E-state index contributed by atoms with van der Waals surface area (Å²) in [5, 5.41) is 9.26. The number of rotatable bonds is 4. The number of carbonyl (C=O) groups is 1. The van der Waals surface area contributed by atoms with E-state index in [9.17, 15) is 9.90 Å². The Kier molecular flexibility index (Phi) is 4.84. The number of likely N-dealkylation sites (tertiary alicyclic amines) is 1. The van der Waals surface area contributed by atoms with Crippen molar-refractivity contribution in [3.63, 3.8) is 0 Å². The molecule has 0 aliphatic carbocycles. The second kappa shape index (κ2) is 6.61.